The van der Waals surface area contributed by atoms with Crippen LogP contribution < -0.4 is 0 Å². The van der Waals surface area contributed by atoms with Gasteiger partial charge in [-0.25, -0.2) is 0 Å². The van der Waals surface area contributed by atoms with Crippen molar-refractivity contribution in [1.29, 1.82) is 0 Å². The van der Waals surface area contributed by atoms with Crippen LogP contribution in [0.15, 0.2) is 36.5 Å². The lowest BCUT2D eigenvalue weighted by Crippen LogP contribution is -2.28. The second-order valence-corrected chi connectivity index (χ2v) is 15.8. The Hall–Kier alpha value is -1.88. The highest BCUT2D eigenvalue weighted by molar-refractivity contribution is 5.70. The molecule has 0 aliphatic heterocycles. The van der Waals surface area contributed by atoms with Crippen LogP contribution in [-0.4, -0.2) is 36.4 Å². The number of rotatable bonds is 43. The quantitative estimate of drug-likeness (QED) is 0.0381. The molecule has 1 atom stereocenters. The van der Waals surface area contributed by atoms with Gasteiger partial charge in [0.15, 0.2) is 6.10 Å². The smallest absolute Gasteiger partial charge is 0.306 e. The first-order valence-electron chi connectivity index (χ1n) is 23.5. The molecule has 0 heterocycles. The van der Waals surface area contributed by atoms with Gasteiger partial charge in [-0.1, -0.05) is 224 Å². The minimum atomic E-state index is -0.778. The molecule has 0 aliphatic carbocycles. The molecule has 0 aromatic heterocycles. The molecule has 316 valence electrons. The topological polar surface area (TPSA) is 72.8 Å². The molecule has 0 saturated carbocycles. The summed E-state index contributed by atoms with van der Waals surface area (Å²) in [5.74, 6) is -0.601. The number of aliphatic hydroxyl groups is 1. The van der Waals surface area contributed by atoms with Crippen molar-refractivity contribution >= 4 is 11.9 Å². The zero-order valence-corrected chi connectivity index (χ0v) is 36.0. The van der Waals surface area contributed by atoms with Crippen LogP contribution in [0.5, 0.6) is 0 Å². The third-order valence-corrected chi connectivity index (χ3v) is 10.4. The standard InChI is InChI=1S/C49H90O5/c1-3-5-7-9-11-13-15-17-19-20-21-22-23-24-25-26-27-28-30-31-33-35-37-39-41-43-48(51)53-46-47(45-50)54-49(52)44-42-40-38-36-34-32-29-18-16-14-12-10-8-6-4-2/h6,8,12,14,18,29,47,50H,3-5,7,9-11,13,15-17,19-28,30-46H2,1-2H3/b8-6-,14-12-,29-18-. The molecule has 0 radical (unpaired) electrons. The summed E-state index contributed by atoms with van der Waals surface area (Å²) < 4.78 is 10.6. The number of carbonyl (C=O) groups is 2. The Bertz CT molecular complexity index is 862. The number of unbranched alkanes of at least 4 members (excludes halogenated alkanes) is 29. The Morgan fingerprint density at radius 1 is 0.444 bits per heavy atom. The van der Waals surface area contributed by atoms with Crippen molar-refractivity contribution in [2.45, 2.75) is 251 Å². The van der Waals surface area contributed by atoms with Gasteiger partial charge in [-0.3, -0.25) is 9.59 Å². The molecule has 0 aromatic rings. The Morgan fingerprint density at radius 3 is 1.20 bits per heavy atom. The number of ether oxygens (including phenoxy) is 2. The fraction of sp³-hybridized carbons (Fsp3) is 0.837. The molecule has 5 heteroatoms. The van der Waals surface area contributed by atoms with E-state index in [4.69, 9.17) is 9.47 Å². The summed E-state index contributed by atoms with van der Waals surface area (Å²) in [6.07, 6.45) is 56.7. The van der Waals surface area contributed by atoms with Crippen LogP contribution in [0.25, 0.3) is 0 Å². The molecule has 0 bridgehead atoms. The fourth-order valence-corrected chi connectivity index (χ4v) is 6.92. The van der Waals surface area contributed by atoms with Gasteiger partial charge in [0.2, 0.25) is 0 Å². The number of aliphatic hydroxyl groups excluding tert-OH is 1. The highest BCUT2D eigenvalue weighted by Crippen LogP contribution is 2.16. The average molecular weight is 759 g/mol. The SMILES string of the molecule is CC/C=C\C/C=C\C/C=C\CCCCCCCC(=O)OC(CO)COC(=O)CCCCCCCCCCCCCCCCCCCCCCCCCCC. The number of hydrogen-bond acceptors (Lipinski definition) is 5. The predicted octanol–water partition coefficient (Wildman–Crippen LogP) is 15.2. The lowest BCUT2D eigenvalue weighted by atomic mass is 10.0. The summed E-state index contributed by atoms with van der Waals surface area (Å²) in [6, 6.07) is 0. The van der Waals surface area contributed by atoms with Crippen molar-refractivity contribution in [3.05, 3.63) is 36.5 Å². The van der Waals surface area contributed by atoms with Gasteiger partial charge < -0.3 is 14.6 Å². The van der Waals surface area contributed by atoms with E-state index in [0.717, 1.165) is 70.6 Å². The summed E-state index contributed by atoms with van der Waals surface area (Å²) in [6.45, 7) is 4.04. The van der Waals surface area contributed by atoms with Crippen molar-refractivity contribution in [2.24, 2.45) is 0 Å². The molecule has 0 rings (SSSR count). The molecule has 1 N–H and O–H groups in total. The van der Waals surface area contributed by atoms with Crippen LogP contribution in [-0.2, 0) is 19.1 Å². The van der Waals surface area contributed by atoms with Gasteiger partial charge in [-0.05, 0) is 44.9 Å². The normalized spacial score (nSPS) is 12.4. The maximum Gasteiger partial charge on any atom is 0.306 e. The minimum absolute atomic E-state index is 0.0697. The van der Waals surface area contributed by atoms with Crippen LogP contribution in [0.2, 0.25) is 0 Å². The van der Waals surface area contributed by atoms with Crippen LogP contribution >= 0.6 is 0 Å². The largest absolute Gasteiger partial charge is 0.462 e. The molecule has 0 aliphatic rings. The maximum absolute atomic E-state index is 12.2. The minimum Gasteiger partial charge on any atom is -0.462 e. The Balaban J connectivity index is 3.46. The van der Waals surface area contributed by atoms with Gasteiger partial charge in [0, 0.05) is 12.8 Å². The predicted molar refractivity (Wildman–Crippen MR) is 233 cm³/mol. The molecule has 0 spiro atoms. The van der Waals surface area contributed by atoms with Crippen molar-refractivity contribution in [3.8, 4) is 0 Å². The summed E-state index contributed by atoms with van der Waals surface area (Å²) in [7, 11) is 0. The lowest BCUT2D eigenvalue weighted by molar-refractivity contribution is -0.161. The van der Waals surface area contributed by atoms with Gasteiger partial charge in [-0.15, -0.1) is 0 Å². The second-order valence-electron chi connectivity index (χ2n) is 15.8. The van der Waals surface area contributed by atoms with Gasteiger partial charge in [0.1, 0.15) is 6.61 Å². The van der Waals surface area contributed by atoms with E-state index in [9.17, 15) is 14.7 Å². The monoisotopic (exact) mass is 759 g/mol. The Morgan fingerprint density at radius 2 is 0.796 bits per heavy atom. The zero-order valence-electron chi connectivity index (χ0n) is 36.0. The maximum atomic E-state index is 12.2. The van der Waals surface area contributed by atoms with Crippen LogP contribution in [0.4, 0.5) is 0 Å². The van der Waals surface area contributed by atoms with Crippen LogP contribution in [0.3, 0.4) is 0 Å². The van der Waals surface area contributed by atoms with Crippen molar-refractivity contribution in [3.63, 3.8) is 0 Å². The first-order chi connectivity index (χ1) is 26.6. The van der Waals surface area contributed by atoms with E-state index in [1.54, 1.807) is 0 Å². The first-order valence-corrected chi connectivity index (χ1v) is 23.5. The molecule has 0 saturated heterocycles. The summed E-state index contributed by atoms with van der Waals surface area (Å²) in [5.41, 5.74) is 0. The second kappa shape index (κ2) is 45.5. The summed E-state index contributed by atoms with van der Waals surface area (Å²) in [4.78, 5) is 24.3. The number of allylic oxidation sites excluding steroid dienone is 6. The molecular formula is C49H90O5. The van der Waals surface area contributed by atoms with E-state index in [0.29, 0.717) is 12.8 Å². The number of carbonyl (C=O) groups excluding carboxylic acids is 2. The Labute approximate surface area is 336 Å². The summed E-state index contributed by atoms with van der Waals surface area (Å²) >= 11 is 0. The fourth-order valence-electron chi connectivity index (χ4n) is 6.92. The molecule has 5 nitrogen and oxygen atoms in total. The molecule has 54 heavy (non-hydrogen) atoms. The van der Waals surface area contributed by atoms with E-state index in [2.05, 4.69) is 50.3 Å². The van der Waals surface area contributed by atoms with Gasteiger partial charge in [-0.2, -0.15) is 0 Å². The Kier molecular flexibility index (Phi) is 43.9. The number of hydrogen-bond donors (Lipinski definition) is 1. The third-order valence-electron chi connectivity index (χ3n) is 10.4. The van der Waals surface area contributed by atoms with Crippen molar-refractivity contribution in [1.82, 2.24) is 0 Å². The van der Waals surface area contributed by atoms with Gasteiger partial charge >= 0.3 is 11.9 Å². The highest BCUT2D eigenvalue weighted by atomic mass is 16.6. The van der Waals surface area contributed by atoms with E-state index < -0.39 is 6.10 Å². The van der Waals surface area contributed by atoms with E-state index in [1.807, 2.05) is 0 Å². The van der Waals surface area contributed by atoms with Crippen LogP contribution in [0, 0.1) is 0 Å². The van der Waals surface area contributed by atoms with E-state index >= 15 is 0 Å². The average Bonchev–Trinajstić information content (AvgIpc) is 3.17. The van der Waals surface area contributed by atoms with E-state index in [-0.39, 0.29) is 25.2 Å². The van der Waals surface area contributed by atoms with Crippen molar-refractivity contribution < 1.29 is 24.2 Å². The molecule has 0 fully saturated rings. The van der Waals surface area contributed by atoms with Gasteiger partial charge in [0.05, 0.1) is 6.61 Å². The van der Waals surface area contributed by atoms with Crippen LogP contribution in [0.1, 0.15) is 245 Å². The zero-order chi connectivity index (χ0) is 39.3. The molecule has 0 aromatic carbocycles. The van der Waals surface area contributed by atoms with Crippen molar-refractivity contribution in [2.75, 3.05) is 13.2 Å². The molecular weight excluding hydrogens is 669 g/mol. The van der Waals surface area contributed by atoms with Gasteiger partial charge in [0.25, 0.3) is 0 Å². The summed E-state index contributed by atoms with van der Waals surface area (Å²) in [5, 5.41) is 9.59. The first kappa shape index (κ1) is 52.1. The number of esters is 2. The third kappa shape index (κ3) is 42.9. The lowest BCUT2D eigenvalue weighted by Gasteiger charge is -2.15. The highest BCUT2D eigenvalue weighted by Gasteiger charge is 2.16. The molecule has 1 unspecified atom stereocenters. The molecule has 0 amide bonds. The van der Waals surface area contributed by atoms with E-state index in [1.165, 1.54) is 148 Å².